The first-order valence-corrected chi connectivity index (χ1v) is 12.1. The predicted octanol–water partition coefficient (Wildman–Crippen LogP) is 7.47. The lowest BCUT2D eigenvalue weighted by Crippen LogP contribution is -1.95. The van der Waals surface area contributed by atoms with Gasteiger partial charge >= 0.3 is 5.69 Å². The van der Waals surface area contributed by atoms with E-state index in [1.807, 2.05) is 32.0 Å². The lowest BCUT2D eigenvalue weighted by molar-refractivity contribution is -0.383. The molecule has 2 aliphatic rings. The van der Waals surface area contributed by atoms with Crippen molar-refractivity contribution in [1.82, 2.24) is 19.9 Å². The lowest BCUT2D eigenvalue weighted by Gasteiger charge is -2.01. The van der Waals surface area contributed by atoms with Gasteiger partial charge in [-0.05, 0) is 97.4 Å². The summed E-state index contributed by atoms with van der Waals surface area (Å²) in [6, 6.07) is 11.9. The zero-order chi connectivity index (χ0) is 24.9. The highest BCUT2D eigenvalue weighted by Gasteiger charge is 2.26. The number of aryl methyl sites for hydroxylation is 1. The van der Waals surface area contributed by atoms with Gasteiger partial charge in [0.25, 0.3) is 0 Å². The highest BCUT2D eigenvalue weighted by atomic mass is 16.6. The average molecular weight is 468 g/mol. The standard InChI is InChI=1S/C28H29N5O2/c1-6-17-11-19-13-23-15(4)20(7-2)26(31-23)12-18-9-10-22(29-18)28(33(34)35)27-21(8-3)16(5)24(32-27)14-25(17)30-19/h9-14,29-30H,6-8H2,1-5H3. The van der Waals surface area contributed by atoms with Gasteiger partial charge in [0.15, 0.2) is 0 Å². The first-order valence-electron chi connectivity index (χ1n) is 12.1. The van der Waals surface area contributed by atoms with Crippen LogP contribution in [0.3, 0.4) is 0 Å². The Morgan fingerprint density at radius 2 is 1.43 bits per heavy atom. The van der Waals surface area contributed by atoms with Crippen molar-refractivity contribution in [3.63, 3.8) is 0 Å². The van der Waals surface area contributed by atoms with Crippen molar-refractivity contribution < 1.29 is 4.92 Å². The molecule has 0 saturated carbocycles. The number of rotatable bonds is 4. The smallest absolute Gasteiger partial charge is 0.318 e. The Morgan fingerprint density at radius 3 is 2.11 bits per heavy atom. The number of nitro groups is 1. The van der Waals surface area contributed by atoms with Gasteiger partial charge in [-0.3, -0.25) is 10.1 Å². The Bertz CT molecular complexity index is 1600. The van der Waals surface area contributed by atoms with Crippen LogP contribution in [0.15, 0.2) is 36.4 Å². The topological polar surface area (TPSA) is 100 Å². The van der Waals surface area contributed by atoms with Crippen LogP contribution in [0.4, 0.5) is 5.69 Å². The molecule has 7 nitrogen and oxygen atoms in total. The molecule has 3 aromatic heterocycles. The molecule has 0 aromatic carbocycles. The van der Waals surface area contributed by atoms with E-state index in [-0.39, 0.29) is 10.6 Å². The third kappa shape index (κ3) is 3.77. The van der Waals surface area contributed by atoms with Crippen LogP contribution in [0.1, 0.15) is 75.8 Å². The maximum Gasteiger partial charge on any atom is 0.318 e. The van der Waals surface area contributed by atoms with Crippen molar-refractivity contribution in [2.75, 3.05) is 0 Å². The summed E-state index contributed by atoms with van der Waals surface area (Å²) in [7, 11) is 0. The average Bonchev–Trinajstić information content (AvgIpc) is 3.56. The van der Waals surface area contributed by atoms with E-state index in [2.05, 4.69) is 42.9 Å². The van der Waals surface area contributed by atoms with Gasteiger partial charge in [0.05, 0.1) is 22.0 Å². The van der Waals surface area contributed by atoms with Gasteiger partial charge in [-0.2, -0.15) is 0 Å². The van der Waals surface area contributed by atoms with Gasteiger partial charge in [-0.1, -0.05) is 20.8 Å². The van der Waals surface area contributed by atoms with E-state index in [1.54, 1.807) is 6.07 Å². The molecule has 0 atom stereocenters. The molecule has 0 fully saturated rings. The van der Waals surface area contributed by atoms with Crippen molar-refractivity contribution in [3.05, 3.63) is 74.9 Å². The molecule has 0 unspecified atom stereocenters. The summed E-state index contributed by atoms with van der Waals surface area (Å²) in [5, 5.41) is 12.3. The SMILES string of the molecule is CCC1=C(C)c2cc3cc(CC)c(cc4nc(c([N+](=O)[O-])c5ccc(cc1n2)[nH]5)C(CC)=C4C)[nH]3. The van der Waals surface area contributed by atoms with Gasteiger partial charge in [0.2, 0.25) is 0 Å². The number of H-pyrrole nitrogens is 2. The van der Waals surface area contributed by atoms with Crippen LogP contribution in [0, 0.1) is 10.1 Å². The van der Waals surface area contributed by atoms with Crippen LogP contribution >= 0.6 is 0 Å². The van der Waals surface area contributed by atoms with E-state index in [0.29, 0.717) is 17.6 Å². The molecule has 35 heavy (non-hydrogen) atoms. The van der Waals surface area contributed by atoms with E-state index in [4.69, 9.17) is 9.97 Å². The van der Waals surface area contributed by atoms with Crippen molar-refractivity contribution in [2.24, 2.45) is 0 Å². The molecule has 0 spiro atoms. The molecule has 0 aliphatic carbocycles. The van der Waals surface area contributed by atoms with E-state index in [1.165, 1.54) is 11.1 Å². The third-order valence-corrected chi connectivity index (χ3v) is 7.02. The first kappa shape index (κ1) is 22.8. The molecule has 0 amide bonds. The largest absolute Gasteiger partial charge is 0.355 e. The fourth-order valence-electron chi connectivity index (χ4n) is 5.12. The van der Waals surface area contributed by atoms with Crippen molar-refractivity contribution >= 4 is 50.0 Å². The normalized spacial score (nSPS) is 13.6. The van der Waals surface area contributed by atoms with Crippen LogP contribution in [-0.2, 0) is 6.42 Å². The summed E-state index contributed by atoms with van der Waals surface area (Å²) in [5.41, 5.74) is 11.5. The lowest BCUT2D eigenvalue weighted by atomic mass is 10.0. The maximum atomic E-state index is 12.3. The minimum atomic E-state index is -0.330. The summed E-state index contributed by atoms with van der Waals surface area (Å²) in [4.78, 5) is 28.5. The Morgan fingerprint density at radius 1 is 0.771 bits per heavy atom. The van der Waals surface area contributed by atoms with Crippen molar-refractivity contribution in [2.45, 2.75) is 53.9 Å². The highest BCUT2D eigenvalue weighted by Crippen LogP contribution is 2.38. The van der Waals surface area contributed by atoms with E-state index in [0.717, 1.165) is 63.2 Å². The predicted molar refractivity (Wildman–Crippen MR) is 143 cm³/mol. The Hall–Kier alpha value is -4.00. The number of nitrogens with zero attached hydrogens (tertiary/aromatic N) is 3. The molecular formula is C28H29N5O2. The Kier molecular flexibility index (Phi) is 5.63. The highest BCUT2D eigenvalue weighted by molar-refractivity contribution is 5.97. The van der Waals surface area contributed by atoms with Crippen LogP contribution in [-0.4, -0.2) is 24.9 Å². The van der Waals surface area contributed by atoms with Gasteiger partial charge in [-0.15, -0.1) is 0 Å². The van der Waals surface area contributed by atoms with Crippen LogP contribution in [0.2, 0.25) is 0 Å². The third-order valence-electron chi connectivity index (χ3n) is 7.02. The van der Waals surface area contributed by atoms with Gasteiger partial charge in [-0.25, -0.2) is 9.97 Å². The Balaban J connectivity index is 1.98. The number of aromatic amines is 2. The summed E-state index contributed by atoms with van der Waals surface area (Å²) in [5.74, 6) is 0. The summed E-state index contributed by atoms with van der Waals surface area (Å²) < 4.78 is 0. The maximum absolute atomic E-state index is 12.3. The molecule has 2 aliphatic heterocycles. The van der Waals surface area contributed by atoms with Crippen molar-refractivity contribution in [3.8, 4) is 0 Å². The molecular weight excluding hydrogens is 438 g/mol. The fraction of sp³-hybridized carbons (Fsp3) is 0.286. The summed E-state index contributed by atoms with van der Waals surface area (Å²) in [6.45, 7) is 10.3. The van der Waals surface area contributed by atoms with Crippen LogP contribution in [0.5, 0.6) is 0 Å². The molecule has 5 rings (SSSR count). The summed E-state index contributed by atoms with van der Waals surface area (Å²) >= 11 is 0. The zero-order valence-electron chi connectivity index (χ0n) is 20.7. The number of fused-ring (bicyclic) bond motifs is 8. The molecule has 178 valence electrons. The number of aromatic nitrogens is 4. The van der Waals surface area contributed by atoms with Crippen LogP contribution in [0.25, 0.3) is 44.4 Å². The minimum Gasteiger partial charge on any atom is -0.355 e. The Labute approximate surface area is 203 Å². The molecule has 3 aromatic rings. The van der Waals surface area contributed by atoms with Gasteiger partial charge in [0.1, 0.15) is 11.2 Å². The number of hydrogen-bond acceptors (Lipinski definition) is 4. The molecule has 0 saturated heterocycles. The van der Waals surface area contributed by atoms with Crippen LogP contribution < -0.4 is 0 Å². The number of hydrogen-bond donors (Lipinski definition) is 2. The quantitative estimate of drug-likeness (QED) is 0.307. The molecule has 7 heteroatoms. The monoisotopic (exact) mass is 467 g/mol. The van der Waals surface area contributed by atoms with Crippen molar-refractivity contribution in [1.29, 1.82) is 0 Å². The van der Waals surface area contributed by atoms with E-state index < -0.39 is 0 Å². The second-order valence-electron chi connectivity index (χ2n) is 9.03. The minimum absolute atomic E-state index is 0.00406. The second-order valence-corrected chi connectivity index (χ2v) is 9.03. The molecule has 0 radical (unpaired) electrons. The molecule has 8 bridgehead atoms. The number of allylic oxidation sites excluding steroid dienone is 4. The molecule has 2 N–H and O–H groups in total. The first-order chi connectivity index (χ1) is 16.8. The van der Waals surface area contributed by atoms with Gasteiger partial charge in [0, 0.05) is 16.6 Å². The van der Waals surface area contributed by atoms with E-state index in [9.17, 15) is 10.1 Å². The number of nitrogens with one attached hydrogen (secondary N) is 2. The zero-order valence-corrected chi connectivity index (χ0v) is 20.7. The van der Waals surface area contributed by atoms with E-state index >= 15 is 0 Å². The summed E-state index contributed by atoms with van der Waals surface area (Å²) in [6.07, 6.45) is 2.36. The second kappa shape index (κ2) is 8.65. The fourth-order valence-corrected chi connectivity index (χ4v) is 5.12. The molecule has 5 heterocycles. The van der Waals surface area contributed by atoms with Gasteiger partial charge < -0.3 is 9.97 Å².